The highest BCUT2D eigenvalue weighted by Crippen LogP contribution is 2.40. The van der Waals surface area contributed by atoms with E-state index in [9.17, 15) is 26.4 Å². The Kier molecular flexibility index (Phi) is 6.28. The highest BCUT2D eigenvalue weighted by molar-refractivity contribution is 7.89. The maximum Gasteiger partial charge on any atom is 0.416 e. The number of piperidine rings is 1. The predicted molar refractivity (Wildman–Crippen MR) is 120 cm³/mol. The van der Waals surface area contributed by atoms with Gasteiger partial charge in [0.25, 0.3) is 5.91 Å². The minimum atomic E-state index is -4.54. The van der Waals surface area contributed by atoms with Crippen molar-refractivity contribution in [3.63, 3.8) is 0 Å². The van der Waals surface area contributed by atoms with Crippen molar-refractivity contribution in [2.75, 3.05) is 26.2 Å². The largest absolute Gasteiger partial charge is 0.416 e. The van der Waals surface area contributed by atoms with Gasteiger partial charge in [0.05, 0.1) is 17.1 Å². The molecule has 0 N–H and O–H groups in total. The minimum absolute atomic E-state index is 0.0477. The molecule has 184 valence electrons. The monoisotopic (exact) mass is 496 g/mol. The van der Waals surface area contributed by atoms with Crippen molar-refractivity contribution in [3.05, 3.63) is 64.2 Å². The first kappa shape index (κ1) is 24.7. The van der Waals surface area contributed by atoms with Crippen LogP contribution in [-0.4, -0.2) is 55.5 Å². The van der Waals surface area contributed by atoms with Crippen LogP contribution < -0.4 is 0 Å². The van der Waals surface area contributed by atoms with E-state index in [1.54, 1.807) is 13.8 Å². The number of benzene rings is 2. The Bertz CT molecular complexity index is 1200. The van der Waals surface area contributed by atoms with Gasteiger partial charge in [-0.05, 0) is 50.1 Å². The topological polar surface area (TPSA) is 66.9 Å². The molecule has 0 aromatic heterocycles. The summed E-state index contributed by atoms with van der Waals surface area (Å²) in [5.41, 5.74) is 0.296. The number of alkyl halides is 3. The summed E-state index contributed by atoms with van der Waals surface area (Å²) < 4.78 is 73.9. The average molecular weight is 497 g/mol. The zero-order chi connectivity index (χ0) is 24.9. The van der Waals surface area contributed by atoms with E-state index in [2.05, 4.69) is 0 Å². The molecule has 2 aliphatic rings. The summed E-state index contributed by atoms with van der Waals surface area (Å²) >= 11 is 0. The number of hydrogen-bond acceptors (Lipinski definition) is 4. The second-order valence-electron chi connectivity index (χ2n) is 8.97. The minimum Gasteiger partial charge on any atom is -0.358 e. The van der Waals surface area contributed by atoms with Crippen molar-refractivity contribution in [1.82, 2.24) is 9.21 Å². The molecular formula is C24H27F3N2O4S. The molecule has 2 heterocycles. The van der Waals surface area contributed by atoms with E-state index < -0.39 is 33.4 Å². The van der Waals surface area contributed by atoms with Crippen molar-refractivity contribution in [3.8, 4) is 0 Å². The van der Waals surface area contributed by atoms with Gasteiger partial charge in [-0.25, -0.2) is 8.42 Å². The number of halogens is 3. The van der Waals surface area contributed by atoms with Crippen LogP contribution in [0.1, 0.15) is 45.5 Å². The smallest absolute Gasteiger partial charge is 0.358 e. The number of aryl methyl sites for hydroxylation is 3. The quantitative estimate of drug-likeness (QED) is 0.636. The molecule has 4 rings (SSSR count). The number of rotatable bonds is 3. The van der Waals surface area contributed by atoms with Crippen molar-refractivity contribution >= 4 is 15.9 Å². The third kappa shape index (κ3) is 4.34. The highest BCUT2D eigenvalue weighted by atomic mass is 32.2. The van der Waals surface area contributed by atoms with Gasteiger partial charge >= 0.3 is 6.18 Å². The molecule has 0 atom stereocenters. The van der Waals surface area contributed by atoms with Crippen LogP contribution in [0.2, 0.25) is 0 Å². The van der Waals surface area contributed by atoms with Crippen LogP contribution in [0.15, 0.2) is 41.3 Å². The Labute approximate surface area is 197 Å². The van der Waals surface area contributed by atoms with Crippen molar-refractivity contribution in [2.24, 2.45) is 0 Å². The number of amides is 1. The standard InChI is InChI=1S/C24H27F3N2O4S/c1-16-13-17(2)21(18(3)14-16)34(31,32)29-11-12-33-23(29)7-9-28(10-8-23)22(30)19-5-4-6-20(15-19)24(25,26)27/h4-6,13-15H,7-12H2,1-3H3. The first-order chi connectivity index (χ1) is 15.8. The Hall–Kier alpha value is -2.43. The molecule has 2 aliphatic heterocycles. The molecule has 2 aromatic carbocycles. The molecule has 2 fully saturated rings. The number of likely N-dealkylation sites (tertiary alicyclic amines) is 1. The van der Waals surface area contributed by atoms with Crippen molar-refractivity contribution in [1.29, 1.82) is 0 Å². The number of sulfonamides is 1. The summed E-state index contributed by atoms with van der Waals surface area (Å²) in [7, 11) is -3.86. The van der Waals surface area contributed by atoms with E-state index in [0.717, 1.165) is 17.7 Å². The Morgan fingerprint density at radius 1 is 1.00 bits per heavy atom. The van der Waals surface area contributed by atoms with Crippen LogP contribution in [0.4, 0.5) is 13.2 Å². The molecule has 0 aliphatic carbocycles. The summed E-state index contributed by atoms with van der Waals surface area (Å²) in [6, 6.07) is 8.00. The van der Waals surface area contributed by atoms with Crippen LogP contribution in [0.3, 0.4) is 0 Å². The molecular weight excluding hydrogens is 469 g/mol. The third-order valence-corrected chi connectivity index (χ3v) is 8.80. The lowest BCUT2D eigenvalue weighted by atomic mass is 9.99. The van der Waals surface area contributed by atoms with E-state index >= 15 is 0 Å². The van der Waals surface area contributed by atoms with E-state index in [4.69, 9.17) is 4.74 Å². The van der Waals surface area contributed by atoms with E-state index in [1.165, 1.54) is 21.3 Å². The van der Waals surface area contributed by atoms with Crippen LogP contribution >= 0.6 is 0 Å². The molecule has 2 saturated heterocycles. The summed E-state index contributed by atoms with van der Waals surface area (Å²) in [6.07, 6.45) is -4.07. The predicted octanol–water partition coefficient (Wildman–Crippen LogP) is 4.28. The SMILES string of the molecule is Cc1cc(C)c(S(=O)(=O)N2CCOC23CCN(C(=O)c2cccc(C(F)(F)F)c2)CC3)c(C)c1. The number of hydrogen-bond donors (Lipinski definition) is 0. The molecule has 0 saturated carbocycles. The van der Waals surface area contributed by atoms with Gasteiger partial charge in [0.15, 0.2) is 0 Å². The van der Waals surface area contributed by atoms with Crippen LogP contribution in [0.5, 0.6) is 0 Å². The Morgan fingerprint density at radius 2 is 1.62 bits per heavy atom. The summed E-state index contributed by atoms with van der Waals surface area (Å²) in [5.74, 6) is -0.515. The first-order valence-electron chi connectivity index (χ1n) is 11.1. The zero-order valence-corrected chi connectivity index (χ0v) is 20.1. The molecule has 1 amide bonds. The molecule has 0 bridgehead atoms. The zero-order valence-electron chi connectivity index (χ0n) is 19.3. The fourth-order valence-corrected chi connectivity index (χ4v) is 7.22. The number of ether oxygens (including phenoxy) is 1. The third-order valence-electron chi connectivity index (χ3n) is 6.54. The van der Waals surface area contributed by atoms with Gasteiger partial charge in [-0.1, -0.05) is 23.8 Å². The maximum absolute atomic E-state index is 13.7. The van der Waals surface area contributed by atoms with E-state index in [0.29, 0.717) is 11.1 Å². The van der Waals surface area contributed by atoms with Gasteiger partial charge < -0.3 is 9.64 Å². The lowest BCUT2D eigenvalue weighted by Crippen LogP contribution is -2.55. The van der Waals surface area contributed by atoms with Crippen LogP contribution in [0, 0.1) is 20.8 Å². The average Bonchev–Trinajstić information content (AvgIpc) is 3.16. The number of carbonyl (C=O) groups excluding carboxylic acids is 1. The van der Waals surface area contributed by atoms with Gasteiger partial charge in [-0.3, -0.25) is 4.79 Å². The summed E-state index contributed by atoms with van der Waals surface area (Å²) in [4.78, 5) is 14.6. The maximum atomic E-state index is 13.7. The van der Waals surface area contributed by atoms with Gasteiger partial charge in [0.2, 0.25) is 10.0 Å². The van der Waals surface area contributed by atoms with E-state index in [-0.39, 0.29) is 49.5 Å². The molecule has 0 unspecified atom stereocenters. The van der Waals surface area contributed by atoms with Crippen LogP contribution in [-0.2, 0) is 20.9 Å². The molecule has 2 aromatic rings. The fraction of sp³-hybridized carbons (Fsp3) is 0.458. The number of nitrogens with zero attached hydrogens (tertiary/aromatic N) is 2. The molecule has 34 heavy (non-hydrogen) atoms. The second kappa shape index (κ2) is 8.66. The van der Waals surface area contributed by atoms with Crippen molar-refractivity contribution < 1.29 is 31.1 Å². The van der Waals surface area contributed by atoms with Crippen LogP contribution in [0.25, 0.3) is 0 Å². The normalized spacial score (nSPS) is 19.1. The second-order valence-corrected chi connectivity index (χ2v) is 10.8. The lowest BCUT2D eigenvalue weighted by Gasteiger charge is -2.43. The lowest BCUT2D eigenvalue weighted by molar-refractivity contribution is -0.137. The first-order valence-corrected chi connectivity index (χ1v) is 12.5. The van der Waals surface area contributed by atoms with E-state index in [1.807, 2.05) is 19.1 Å². The summed E-state index contributed by atoms with van der Waals surface area (Å²) in [6.45, 7) is 6.25. The van der Waals surface area contributed by atoms with Crippen molar-refractivity contribution in [2.45, 2.75) is 50.4 Å². The van der Waals surface area contributed by atoms with Gasteiger partial charge in [0, 0.05) is 38.0 Å². The summed E-state index contributed by atoms with van der Waals surface area (Å²) in [5, 5.41) is 0. The highest BCUT2D eigenvalue weighted by Gasteiger charge is 2.51. The Morgan fingerprint density at radius 3 is 2.21 bits per heavy atom. The number of carbonyl (C=O) groups is 1. The molecule has 10 heteroatoms. The van der Waals surface area contributed by atoms with Gasteiger partial charge in [-0.15, -0.1) is 0 Å². The fourth-order valence-electron chi connectivity index (χ4n) is 5.08. The molecule has 1 spiro atoms. The molecule has 0 radical (unpaired) electrons. The Balaban J connectivity index is 1.55. The van der Waals surface area contributed by atoms with Gasteiger partial charge in [-0.2, -0.15) is 17.5 Å². The molecule has 6 nitrogen and oxygen atoms in total. The van der Waals surface area contributed by atoms with Gasteiger partial charge in [0.1, 0.15) is 5.72 Å².